The molecule has 1 aromatic rings. The third-order valence-electron chi connectivity index (χ3n) is 2.95. The van der Waals surface area contributed by atoms with Gasteiger partial charge in [0.2, 0.25) is 0 Å². The highest BCUT2D eigenvalue weighted by molar-refractivity contribution is 8.06. The van der Waals surface area contributed by atoms with Crippen molar-refractivity contribution >= 4 is 40.9 Å². The number of rotatable bonds is 4. The van der Waals surface area contributed by atoms with Crippen molar-refractivity contribution in [2.24, 2.45) is 0 Å². The molecule has 20 heavy (non-hydrogen) atoms. The van der Waals surface area contributed by atoms with E-state index < -0.39 is 11.8 Å². The normalized spacial score (nSPS) is 18.6. The molecule has 1 aromatic carbocycles. The largest absolute Gasteiger partial charge is 0.465 e. The van der Waals surface area contributed by atoms with Crippen LogP contribution in [0.2, 0.25) is 0 Å². The molecular weight excluding hydrogens is 299 g/mol. The average molecular weight is 316 g/mol. The Labute approximate surface area is 126 Å². The molecular formula is C13H17FN2O2S2. The molecule has 1 unspecified atom stereocenters. The molecule has 1 atom stereocenters. The first kappa shape index (κ1) is 15.3. The maximum absolute atomic E-state index is 13.8. The Kier molecular flexibility index (Phi) is 5.42. The Morgan fingerprint density at radius 1 is 1.55 bits per heavy atom. The molecule has 4 nitrogen and oxygen atoms in total. The molecule has 0 bridgehead atoms. The number of ether oxygens (including phenoxy) is 1. The summed E-state index contributed by atoms with van der Waals surface area (Å²) < 4.78 is 18.5. The number of benzene rings is 1. The number of nitrogens with two attached hydrogens (primary N) is 1. The van der Waals surface area contributed by atoms with Gasteiger partial charge < -0.3 is 15.8 Å². The van der Waals surface area contributed by atoms with E-state index in [1.807, 2.05) is 23.5 Å². The first-order chi connectivity index (χ1) is 9.61. The molecule has 0 saturated carbocycles. The first-order valence-electron chi connectivity index (χ1n) is 6.22. The number of nitrogen functional groups attached to an aromatic ring is 1. The fourth-order valence-electron chi connectivity index (χ4n) is 1.89. The van der Waals surface area contributed by atoms with E-state index in [1.165, 1.54) is 18.9 Å². The van der Waals surface area contributed by atoms with Crippen LogP contribution in [-0.4, -0.2) is 42.1 Å². The summed E-state index contributed by atoms with van der Waals surface area (Å²) in [4.78, 5) is 11.5. The van der Waals surface area contributed by atoms with E-state index in [0.717, 1.165) is 17.6 Å². The van der Waals surface area contributed by atoms with Gasteiger partial charge in [-0.25, -0.2) is 9.18 Å². The molecule has 1 heterocycles. The van der Waals surface area contributed by atoms with Gasteiger partial charge in [0.15, 0.2) is 0 Å². The third kappa shape index (κ3) is 3.73. The second-order valence-electron chi connectivity index (χ2n) is 4.36. The summed E-state index contributed by atoms with van der Waals surface area (Å²) in [7, 11) is 1.27. The van der Waals surface area contributed by atoms with Crippen LogP contribution in [0.4, 0.5) is 15.8 Å². The molecule has 0 aliphatic carbocycles. The number of methoxy groups -OCH3 is 1. The SMILES string of the molecule is COC(=O)c1cc(NCC2CSCCS2)c(F)cc1N. The maximum atomic E-state index is 13.8. The van der Waals surface area contributed by atoms with Crippen molar-refractivity contribution < 1.29 is 13.9 Å². The third-order valence-corrected chi connectivity index (χ3v) is 5.79. The molecule has 1 aliphatic rings. The predicted octanol–water partition coefficient (Wildman–Crippen LogP) is 2.46. The number of carbonyl (C=O) groups is 1. The molecule has 1 fully saturated rings. The fourth-order valence-corrected chi connectivity index (χ4v) is 4.50. The van der Waals surface area contributed by atoms with Crippen molar-refractivity contribution in [3.8, 4) is 0 Å². The smallest absolute Gasteiger partial charge is 0.340 e. The molecule has 0 aromatic heterocycles. The number of anilines is 2. The summed E-state index contributed by atoms with van der Waals surface area (Å²) in [5, 5.41) is 3.51. The quantitative estimate of drug-likeness (QED) is 0.657. The van der Waals surface area contributed by atoms with E-state index in [4.69, 9.17) is 5.73 Å². The van der Waals surface area contributed by atoms with E-state index >= 15 is 0 Å². The van der Waals surface area contributed by atoms with Gasteiger partial charge in [0.05, 0.1) is 18.4 Å². The van der Waals surface area contributed by atoms with Gasteiger partial charge in [-0.3, -0.25) is 0 Å². The summed E-state index contributed by atoms with van der Waals surface area (Å²) in [6, 6.07) is 2.56. The van der Waals surface area contributed by atoms with Crippen LogP contribution >= 0.6 is 23.5 Å². The van der Waals surface area contributed by atoms with Gasteiger partial charge in [0, 0.05) is 34.7 Å². The van der Waals surface area contributed by atoms with Crippen LogP contribution in [0.15, 0.2) is 12.1 Å². The van der Waals surface area contributed by atoms with E-state index in [-0.39, 0.29) is 16.9 Å². The fraction of sp³-hybridized carbons (Fsp3) is 0.462. The first-order valence-corrected chi connectivity index (χ1v) is 8.42. The van der Waals surface area contributed by atoms with Gasteiger partial charge >= 0.3 is 5.97 Å². The minimum absolute atomic E-state index is 0.0856. The number of thioether (sulfide) groups is 2. The van der Waals surface area contributed by atoms with Gasteiger partial charge in [0.25, 0.3) is 0 Å². The summed E-state index contributed by atoms with van der Waals surface area (Å²) in [5.41, 5.74) is 6.19. The van der Waals surface area contributed by atoms with Crippen molar-refractivity contribution in [3.63, 3.8) is 0 Å². The predicted molar refractivity (Wildman–Crippen MR) is 84.2 cm³/mol. The van der Waals surface area contributed by atoms with Crippen molar-refractivity contribution in [3.05, 3.63) is 23.5 Å². The summed E-state index contributed by atoms with van der Waals surface area (Å²) in [6.45, 7) is 0.666. The molecule has 1 saturated heterocycles. The Morgan fingerprint density at radius 2 is 2.35 bits per heavy atom. The van der Waals surface area contributed by atoms with Crippen LogP contribution < -0.4 is 11.1 Å². The summed E-state index contributed by atoms with van der Waals surface area (Å²) in [5.74, 6) is 2.33. The Balaban J connectivity index is 2.08. The van der Waals surface area contributed by atoms with E-state index in [2.05, 4.69) is 10.1 Å². The molecule has 0 amide bonds. The Hall–Kier alpha value is -1.08. The molecule has 0 radical (unpaired) electrons. The summed E-state index contributed by atoms with van der Waals surface area (Å²) >= 11 is 3.79. The zero-order valence-corrected chi connectivity index (χ0v) is 12.8. The highest BCUT2D eigenvalue weighted by Gasteiger charge is 2.17. The molecule has 0 spiro atoms. The van der Waals surface area contributed by atoms with Crippen LogP contribution in [0.5, 0.6) is 0 Å². The Morgan fingerprint density at radius 3 is 3.00 bits per heavy atom. The molecule has 2 rings (SSSR count). The Bertz CT molecular complexity index is 494. The van der Waals surface area contributed by atoms with Gasteiger partial charge in [0.1, 0.15) is 5.82 Å². The van der Waals surface area contributed by atoms with Gasteiger partial charge in [-0.1, -0.05) is 0 Å². The zero-order valence-electron chi connectivity index (χ0n) is 11.1. The second-order valence-corrected chi connectivity index (χ2v) is 6.92. The number of hydrogen-bond donors (Lipinski definition) is 2. The van der Waals surface area contributed by atoms with Gasteiger partial charge in [-0.15, -0.1) is 0 Å². The molecule has 110 valence electrons. The van der Waals surface area contributed by atoms with E-state index in [0.29, 0.717) is 11.8 Å². The number of nitrogens with one attached hydrogen (secondary N) is 1. The monoisotopic (exact) mass is 316 g/mol. The molecule has 7 heteroatoms. The standard InChI is InChI=1S/C13H17FN2O2S2/c1-18-13(17)9-4-12(10(14)5-11(9)15)16-6-8-7-19-2-3-20-8/h4-5,8,16H,2-3,6-7,15H2,1H3. The minimum atomic E-state index is -0.562. The van der Waals surface area contributed by atoms with Crippen LogP contribution in [0.3, 0.4) is 0 Å². The lowest BCUT2D eigenvalue weighted by atomic mass is 10.1. The molecule has 3 N–H and O–H groups in total. The number of halogens is 1. The minimum Gasteiger partial charge on any atom is -0.465 e. The highest BCUT2D eigenvalue weighted by atomic mass is 32.2. The number of esters is 1. The van der Waals surface area contributed by atoms with Crippen LogP contribution in [0.25, 0.3) is 0 Å². The highest BCUT2D eigenvalue weighted by Crippen LogP contribution is 2.26. The lowest BCUT2D eigenvalue weighted by Gasteiger charge is -2.22. The van der Waals surface area contributed by atoms with Gasteiger partial charge in [-0.2, -0.15) is 23.5 Å². The van der Waals surface area contributed by atoms with E-state index in [9.17, 15) is 9.18 Å². The summed E-state index contributed by atoms with van der Waals surface area (Å²) in [6.07, 6.45) is 0. The zero-order chi connectivity index (χ0) is 14.5. The van der Waals surface area contributed by atoms with E-state index in [1.54, 1.807) is 0 Å². The topological polar surface area (TPSA) is 64.3 Å². The lowest BCUT2D eigenvalue weighted by Crippen LogP contribution is -2.23. The van der Waals surface area contributed by atoms with Crippen molar-refractivity contribution in [2.45, 2.75) is 5.25 Å². The number of hydrogen-bond acceptors (Lipinski definition) is 6. The van der Waals surface area contributed by atoms with Gasteiger partial charge in [-0.05, 0) is 12.1 Å². The molecule has 1 aliphatic heterocycles. The van der Waals surface area contributed by atoms with Crippen molar-refractivity contribution in [1.29, 1.82) is 0 Å². The van der Waals surface area contributed by atoms with Crippen molar-refractivity contribution in [1.82, 2.24) is 0 Å². The van der Waals surface area contributed by atoms with Crippen LogP contribution in [-0.2, 0) is 4.74 Å². The maximum Gasteiger partial charge on any atom is 0.340 e. The average Bonchev–Trinajstić information content (AvgIpc) is 2.46. The lowest BCUT2D eigenvalue weighted by molar-refractivity contribution is 0.0602. The van der Waals surface area contributed by atoms with Crippen LogP contribution in [0, 0.1) is 5.82 Å². The van der Waals surface area contributed by atoms with Crippen molar-refractivity contribution in [2.75, 3.05) is 42.0 Å². The second kappa shape index (κ2) is 7.08. The van der Waals surface area contributed by atoms with Crippen LogP contribution in [0.1, 0.15) is 10.4 Å². The number of carbonyl (C=O) groups excluding carboxylic acids is 1.